The Morgan fingerprint density at radius 2 is 2.10 bits per heavy atom. The Balaban J connectivity index is 2.73. The van der Waals surface area contributed by atoms with Gasteiger partial charge in [-0.25, -0.2) is 0 Å². The summed E-state index contributed by atoms with van der Waals surface area (Å²) in [6.45, 7) is 8.59. The molecule has 108 valence electrons. The number of hydrogen-bond donors (Lipinski definition) is 2. The molecule has 0 aliphatic carbocycles. The molecule has 0 saturated carbocycles. The van der Waals surface area contributed by atoms with Crippen molar-refractivity contribution in [3.8, 4) is 11.8 Å². The molecule has 1 aromatic rings. The highest BCUT2D eigenvalue weighted by atomic mass is 32.2. The van der Waals surface area contributed by atoms with E-state index in [1.807, 2.05) is 25.1 Å². The van der Waals surface area contributed by atoms with E-state index in [1.54, 1.807) is 11.8 Å². The van der Waals surface area contributed by atoms with E-state index < -0.39 is 0 Å². The van der Waals surface area contributed by atoms with Gasteiger partial charge in [-0.1, -0.05) is 38.7 Å². The van der Waals surface area contributed by atoms with Crippen LogP contribution in [0.5, 0.6) is 0 Å². The maximum absolute atomic E-state index is 11.9. The third-order valence-electron chi connectivity index (χ3n) is 2.48. The molecule has 0 atom stereocenters. The van der Waals surface area contributed by atoms with Gasteiger partial charge in [-0.2, -0.15) is 0 Å². The smallest absolute Gasteiger partial charge is 0.234 e. The Hall–Kier alpha value is -1.44. The molecule has 20 heavy (non-hydrogen) atoms. The number of carbonyl (C=O) groups is 1. The topological polar surface area (TPSA) is 55.1 Å². The van der Waals surface area contributed by atoms with Gasteiger partial charge in [-0.15, -0.1) is 11.8 Å². The van der Waals surface area contributed by atoms with Crippen LogP contribution in [0.25, 0.3) is 0 Å². The van der Waals surface area contributed by atoms with E-state index in [2.05, 4.69) is 37.9 Å². The molecule has 0 bridgehead atoms. The van der Waals surface area contributed by atoms with Gasteiger partial charge in [0.15, 0.2) is 0 Å². The predicted octanol–water partition coefficient (Wildman–Crippen LogP) is 2.78. The molecule has 0 spiro atoms. The van der Waals surface area contributed by atoms with Crippen LogP contribution in [0.3, 0.4) is 0 Å². The van der Waals surface area contributed by atoms with Gasteiger partial charge >= 0.3 is 0 Å². The molecular formula is C16H22N2OS. The maximum atomic E-state index is 11.9. The average molecular weight is 290 g/mol. The van der Waals surface area contributed by atoms with Crippen molar-refractivity contribution in [1.82, 2.24) is 0 Å². The summed E-state index contributed by atoms with van der Waals surface area (Å²) in [4.78, 5) is 11.9. The number of amides is 1. The predicted molar refractivity (Wildman–Crippen MR) is 88.0 cm³/mol. The molecular weight excluding hydrogens is 268 g/mol. The third-order valence-corrected chi connectivity index (χ3v) is 3.76. The summed E-state index contributed by atoms with van der Waals surface area (Å²) in [6.07, 6.45) is 0. The van der Waals surface area contributed by atoms with E-state index in [9.17, 15) is 4.79 Å². The quantitative estimate of drug-likeness (QED) is 0.842. The fourth-order valence-corrected chi connectivity index (χ4v) is 2.09. The highest BCUT2D eigenvalue weighted by Crippen LogP contribution is 2.23. The minimum atomic E-state index is 0.0111. The lowest BCUT2D eigenvalue weighted by atomic mass is 10.1. The molecule has 4 heteroatoms. The van der Waals surface area contributed by atoms with Crippen molar-refractivity contribution in [3.63, 3.8) is 0 Å². The first-order chi connectivity index (χ1) is 9.31. The van der Waals surface area contributed by atoms with Crippen LogP contribution < -0.4 is 11.1 Å². The molecule has 3 N–H and O–H groups in total. The fourth-order valence-electron chi connectivity index (χ4n) is 1.46. The summed E-state index contributed by atoms with van der Waals surface area (Å²) >= 11 is 1.63. The highest BCUT2D eigenvalue weighted by molar-refractivity contribution is 8.01. The molecule has 0 saturated heterocycles. The standard InChI is InChI=1S/C16H22N2OS/c1-12-7-8-13(6-5-9-17)10-14(12)18-15(19)11-20-16(2,3)4/h7-8,10H,9,11,17H2,1-4H3,(H,18,19). The van der Waals surface area contributed by atoms with Crippen molar-refractivity contribution in [2.75, 3.05) is 17.6 Å². The van der Waals surface area contributed by atoms with E-state index in [0.717, 1.165) is 16.8 Å². The Morgan fingerprint density at radius 3 is 2.70 bits per heavy atom. The summed E-state index contributed by atoms with van der Waals surface area (Å²) in [5.41, 5.74) is 8.06. The zero-order valence-corrected chi connectivity index (χ0v) is 13.4. The Bertz CT molecular complexity index is 536. The molecule has 0 unspecified atom stereocenters. The second-order valence-corrected chi connectivity index (χ2v) is 7.29. The van der Waals surface area contributed by atoms with Crippen molar-refractivity contribution in [2.45, 2.75) is 32.4 Å². The van der Waals surface area contributed by atoms with Crippen molar-refractivity contribution < 1.29 is 4.79 Å². The van der Waals surface area contributed by atoms with Crippen LogP contribution in [0.2, 0.25) is 0 Å². The van der Waals surface area contributed by atoms with Crippen LogP contribution in [-0.4, -0.2) is 23.0 Å². The van der Waals surface area contributed by atoms with Crippen molar-refractivity contribution in [1.29, 1.82) is 0 Å². The van der Waals surface area contributed by atoms with E-state index in [1.165, 1.54) is 0 Å². The summed E-state index contributed by atoms with van der Waals surface area (Å²) in [7, 11) is 0. The van der Waals surface area contributed by atoms with Crippen molar-refractivity contribution >= 4 is 23.4 Å². The fraction of sp³-hybridized carbons (Fsp3) is 0.438. The zero-order chi connectivity index (χ0) is 15.2. The van der Waals surface area contributed by atoms with Crippen LogP contribution in [0.15, 0.2) is 18.2 Å². The van der Waals surface area contributed by atoms with Crippen LogP contribution >= 0.6 is 11.8 Å². The number of nitrogens with two attached hydrogens (primary N) is 1. The van der Waals surface area contributed by atoms with Gasteiger partial charge in [0.2, 0.25) is 5.91 Å². The first-order valence-corrected chi connectivity index (χ1v) is 7.54. The van der Waals surface area contributed by atoms with E-state index in [0.29, 0.717) is 12.3 Å². The number of rotatable bonds is 3. The molecule has 0 aromatic heterocycles. The lowest BCUT2D eigenvalue weighted by Crippen LogP contribution is -2.19. The maximum Gasteiger partial charge on any atom is 0.234 e. The largest absolute Gasteiger partial charge is 0.325 e. The van der Waals surface area contributed by atoms with Gasteiger partial charge in [0, 0.05) is 16.0 Å². The van der Waals surface area contributed by atoms with Crippen molar-refractivity contribution in [3.05, 3.63) is 29.3 Å². The first-order valence-electron chi connectivity index (χ1n) is 6.55. The van der Waals surface area contributed by atoms with Gasteiger partial charge in [0.05, 0.1) is 12.3 Å². The monoisotopic (exact) mass is 290 g/mol. The number of nitrogens with one attached hydrogen (secondary N) is 1. The van der Waals surface area contributed by atoms with Crippen LogP contribution in [0, 0.1) is 18.8 Å². The van der Waals surface area contributed by atoms with Crippen molar-refractivity contribution in [2.24, 2.45) is 5.73 Å². The molecule has 0 radical (unpaired) electrons. The molecule has 1 rings (SSSR count). The van der Waals surface area contributed by atoms with Gasteiger partial charge in [-0.05, 0) is 24.6 Å². The minimum Gasteiger partial charge on any atom is -0.325 e. The number of anilines is 1. The van der Waals surface area contributed by atoms with E-state index in [4.69, 9.17) is 5.73 Å². The first kappa shape index (κ1) is 16.6. The minimum absolute atomic E-state index is 0.0111. The molecule has 1 aromatic carbocycles. The summed E-state index contributed by atoms with van der Waals surface area (Å²) in [5.74, 6) is 6.24. The Labute approximate surface area is 125 Å². The van der Waals surface area contributed by atoms with Gasteiger partial charge in [0.1, 0.15) is 0 Å². The van der Waals surface area contributed by atoms with Gasteiger partial charge in [-0.3, -0.25) is 4.79 Å². The van der Waals surface area contributed by atoms with Crippen LogP contribution in [-0.2, 0) is 4.79 Å². The van der Waals surface area contributed by atoms with E-state index in [-0.39, 0.29) is 10.7 Å². The second kappa shape index (κ2) is 7.37. The Kier molecular flexibility index (Phi) is 6.12. The molecule has 0 fully saturated rings. The second-order valence-electron chi connectivity index (χ2n) is 5.48. The normalized spacial score (nSPS) is 10.7. The Morgan fingerprint density at radius 1 is 1.40 bits per heavy atom. The average Bonchev–Trinajstić information content (AvgIpc) is 2.36. The third kappa shape index (κ3) is 6.14. The SMILES string of the molecule is Cc1ccc(C#CCN)cc1NC(=O)CSC(C)(C)C. The zero-order valence-electron chi connectivity index (χ0n) is 12.5. The number of benzene rings is 1. The summed E-state index contributed by atoms with van der Waals surface area (Å²) in [6, 6.07) is 5.77. The highest BCUT2D eigenvalue weighted by Gasteiger charge is 2.13. The molecule has 0 aliphatic rings. The summed E-state index contributed by atoms with van der Waals surface area (Å²) in [5, 5.41) is 2.94. The van der Waals surface area contributed by atoms with Crippen LogP contribution in [0.1, 0.15) is 31.9 Å². The summed E-state index contributed by atoms with van der Waals surface area (Å²) < 4.78 is 0.0842. The van der Waals surface area contributed by atoms with Gasteiger partial charge in [0.25, 0.3) is 0 Å². The van der Waals surface area contributed by atoms with Gasteiger partial charge < -0.3 is 11.1 Å². The molecule has 3 nitrogen and oxygen atoms in total. The number of aryl methyl sites for hydroxylation is 1. The molecule has 1 amide bonds. The number of carbonyl (C=O) groups excluding carboxylic acids is 1. The number of hydrogen-bond acceptors (Lipinski definition) is 3. The number of thioether (sulfide) groups is 1. The lowest BCUT2D eigenvalue weighted by Gasteiger charge is -2.17. The molecule has 0 aliphatic heterocycles. The van der Waals surface area contributed by atoms with E-state index >= 15 is 0 Å². The van der Waals surface area contributed by atoms with Crippen LogP contribution in [0.4, 0.5) is 5.69 Å². The lowest BCUT2D eigenvalue weighted by molar-refractivity contribution is -0.113. The molecule has 0 heterocycles.